The largest absolute Gasteiger partial charge is 0.355 e. The molecule has 19 heavy (non-hydrogen) atoms. The molecule has 0 aromatic carbocycles. The number of piperidine rings is 1. The summed E-state index contributed by atoms with van der Waals surface area (Å²) in [6.07, 6.45) is 3.61. The molecule has 2 rings (SSSR count). The lowest BCUT2D eigenvalue weighted by molar-refractivity contribution is -0.124. The standard InChI is InChI=1S/C13H25N3O.2ClH/c1-11-3-7-16(8-4-11)9-6-15-13(17)12-2-5-14-10-12;;/h11-12,14H,2-10H2,1H3,(H,15,17);2*1H. The second-order valence-corrected chi connectivity index (χ2v) is 5.50. The number of hydrogen-bond donors (Lipinski definition) is 2. The number of amides is 1. The molecule has 2 saturated heterocycles. The van der Waals surface area contributed by atoms with Crippen molar-refractivity contribution < 1.29 is 4.79 Å². The Hall–Kier alpha value is -0.0300. The summed E-state index contributed by atoms with van der Waals surface area (Å²) >= 11 is 0. The first-order valence-electron chi connectivity index (χ1n) is 6.96. The number of hydrogen-bond acceptors (Lipinski definition) is 3. The van der Waals surface area contributed by atoms with E-state index >= 15 is 0 Å². The highest BCUT2D eigenvalue weighted by Crippen LogP contribution is 2.15. The number of rotatable bonds is 4. The molecule has 1 unspecified atom stereocenters. The van der Waals surface area contributed by atoms with E-state index in [0.29, 0.717) is 0 Å². The van der Waals surface area contributed by atoms with Crippen LogP contribution in [0.15, 0.2) is 0 Å². The van der Waals surface area contributed by atoms with Crippen LogP contribution in [0.1, 0.15) is 26.2 Å². The lowest BCUT2D eigenvalue weighted by atomic mass is 9.99. The van der Waals surface area contributed by atoms with E-state index in [2.05, 4.69) is 22.5 Å². The molecule has 114 valence electrons. The first-order valence-corrected chi connectivity index (χ1v) is 6.96. The van der Waals surface area contributed by atoms with Gasteiger partial charge in [0.2, 0.25) is 5.91 Å². The van der Waals surface area contributed by atoms with Crippen LogP contribution in [0, 0.1) is 11.8 Å². The smallest absolute Gasteiger partial charge is 0.224 e. The third-order valence-corrected chi connectivity index (χ3v) is 4.03. The SMILES string of the molecule is CC1CCN(CCNC(=O)C2CCNC2)CC1.Cl.Cl. The molecule has 0 aromatic rings. The summed E-state index contributed by atoms with van der Waals surface area (Å²) in [6.45, 7) is 8.38. The molecule has 0 saturated carbocycles. The lowest BCUT2D eigenvalue weighted by Gasteiger charge is -2.30. The number of likely N-dealkylation sites (tertiary alicyclic amines) is 1. The van der Waals surface area contributed by atoms with Crippen molar-refractivity contribution in [2.45, 2.75) is 26.2 Å². The van der Waals surface area contributed by atoms with Gasteiger partial charge in [-0.3, -0.25) is 4.79 Å². The molecule has 6 heteroatoms. The van der Waals surface area contributed by atoms with Gasteiger partial charge in [-0.05, 0) is 44.8 Å². The quantitative estimate of drug-likeness (QED) is 0.822. The van der Waals surface area contributed by atoms with Crippen molar-refractivity contribution >= 4 is 30.7 Å². The molecular weight excluding hydrogens is 285 g/mol. The molecule has 2 N–H and O–H groups in total. The van der Waals surface area contributed by atoms with Crippen molar-refractivity contribution in [2.24, 2.45) is 11.8 Å². The minimum Gasteiger partial charge on any atom is -0.355 e. The minimum absolute atomic E-state index is 0. The molecule has 2 aliphatic rings. The Morgan fingerprint density at radius 2 is 1.95 bits per heavy atom. The lowest BCUT2D eigenvalue weighted by Crippen LogP contribution is -2.41. The molecule has 1 atom stereocenters. The van der Waals surface area contributed by atoms with Crippen LogP contribution in [-0.2, 0) is 4.79 Å². The average molecular weight is 312 g/mol. The summed E-state index contributed by atoms with van der Waals surface area (Å²) < 4.78 is 0. The van der Waals surface area contributed by atoms with Crippen molar-refractivity contribution in [1.29, 1.82) is 0 Å². The van der Waals surface area contributed by atoms with Crippen LogP contribution in [-0.4, -0.2) is 50.1 Å². The fourth-order valence-corrected chi connectivity index (χ4v) is 2.65. The number of nitrogens with one attached hydrogen (secondary N) is 2. The van der Waals surface area contributed by atoms with Crippen molar-refractivity contribution in [3.05, 3.63) is 0 Å². The van der Waals surface area contributed by atoms with Crippen LogP contribution in [0.2, 0.25) is 0 Å². The maximum atomic E-state index is 11.8. The van der Waals surface area contributed by atoms with Gasteiger partial charge in [-0.25, -0.2) is 0 Å². The fraction of sp³-hybridized carbons (Fsp3) is 0.923. The highest BCUT2D eigenvalue weighted by Gasteiger charge is 2.22. The van der Waals surface area contributed by atoms with Gasteiger partial charge in [0.25, 0.3) is 0 Å². The fourth-order valence-electron chi connectivity index (χ4n) is 2.65. The molecule has 4 nitrogen and oxygen atoms in total. The molecule has 0 spiro atoms. The van der Waals surface area contributed by atoms with E-state index < -0.39 is 0 Å². The van der Waals surface area contributed by atoms with Crippen molar-refractivity contribution in [2.75, 3.05) is 39.3 Å². The first kappa shape index (κ1) is 19.0. The number of halogens is 2. The Balaban J connectivity index is 0.00000162. The Morgan fingerprint density at radius 1 is 1.26 bits per heavy atom. The Kier molecular flexibility index (Phi) is 9.79. The Bertz CT molecular complexity index is 252. The molecule has 2 fully saturated rings. The molecule has 0 radical (unpaired) electrons. The van der Waals surface area contributed by atoms with E-state index in [0.717, 1.165) is 38.5 Å². The van der Waals surface area contributed by atoms with Crippen LogP contribution in [0.3, 0.4) is 0 Å². The van der Waals surface area contributed by atoms with Gasteiger partial charge in [-0.15, -0.1) is 24.8 Å². The van der Waals surface area contributed by atoms with Crippen LogP contribution in [0.5, 0.6) is 0 Å². The maximum Gasteiger partial charge on any atom is 0.224 e. The summed E-state index contributed by atoms with van der Waals surface area (Å²) in [5.74, 6) is 1.32. The highest BCUT2D eigenvalue weighted by atomic mass is 35.5. The second-order valence-electron chi connectivity index (χ2n) is 5.50. The van der Waals surface area contributed by atoms with Crippen molar-refractivity contribution in [3.8, 4) is 0 Å². The van der Waals surface area contributed by atoms with Gasteiger partial charge >= 0.3 is 0 Å². The second kappa shape index (κ2) is 9.81. The zero-order valence-corrected chi connectivity index (χ0v) is 13.3. The number of nitrogens with zero attached hydrogens (tertiary/aromatic N) is 1. The zero-order valence-electron chi connectivity index (χ0n) is 11.7. The summed E-state index contributed by atoms with van der Waals surface area (Å²) in [4.78, 5) is 14.2. The van der Waals surface area contributed by atoms with Crippen LogP contribution < -0.4 is 10.6 Å². The summed E-state index contributed by atoms with van der Waals surface area (Å²) in [7, 11) is 0. The van der Waals surface area contributed by atoms with Crippen LogP contribution >= 0.6 is 24.8 Å². The third-order valence-electron chi connectivity index (χ3n) is 4.03. The van der Waals surface area contributed by atoms with Crippen LogP contribution in [0.4, 0.5) is 0 Å². The molecule has 0 aliphatic carbocycles. The van der Waals surface area contributed by atoms with Gasteiger partial charge in [0.15, 0.2) is 0 Å². The highest BCUT2D eigenvalue weighted by molar-refractivity contribution is 5.85. The molecule has 0 aromatic heterocycles. The van der Waals surface area contributed by atoms with Gasteiger partial charge < -0.3 is 15.5 Å². The monoisotopic (exact) mass is 311 g/mol. The molecule has 0 bridgehead atoms. The molecule has 2 heterocycles. The summed E-state index contributed by atoms with van der Waals surface area (Å²) in [5, 5.41) is 6.29. The zero-order chi connectivity index (χ0) is 12.1. The van der Waals surface area contributed by atoms with Gasteiger partial charge in [0.05, 0.1) is 5.92 Å². The first-order chi connectivity index (χ1) is 8.25. The summed E-state index contributed by atoms with van der Waals surface area (Å²) in [5.41, 5.74) is 0. The number of carbonyl (C=O) groups is 1. The molecule has 1 amide bonds. The van der Waals surface area contributed by atoms with E-state index in [1.807, 2.05) is 0 Å². The predicted molar refractivity (Wildman–Crippen MR) is 83.3 cm³/mol. The van der Waals surface area contributed by atoms with Gasteiger partial charge in [-0.1, -0.05) is 6.92 Å². The Morgan fingerprint density at radius 3 is 2.53 bits per heavy atom. The Labute approximate surface area is 128 Å². The topological polar surface area (TPSA) is 44.4 Å². The van der Waals surface area contributed by atoms with E-state index in [-0.39, 0.29) is 36.6 Å². The summed E-state index contributed by atoms with van der Waals surface area (Å²) in [6, 6.07) is 0. The molecular formula is C13H27Cl2N3O. The van der Waals surface area contributed by atoms with E-state index in [1.54, 1.807) is 0 Å². The normalized spacial score (nSPS) is 24.4. The van der Waals surface area contributed by atoms with Gasteiger partial charge in [0.1, 0.15) is 0 Å². The van der Waals surface area contributed by atoms with E-state index in [4.69, 9.17) is 0 Å². The molecule has 2 aliphatic heterocycles. The number of carbonyl (C=O) groups excluding carboxylic acids is 1. The average Bonchev–Trinajstić information content (AvgIpc) is 2.85. The predicted octanol–water partition coefficient (Wildman–Crippen LogP) is 1.29. The minimum atomic E-state index is 0. The van der Waals surface area contributed by atoms with Crippen molar-refractivity contribution in [1.82, 2.24) is 15.5 Å². The van der Waals surface area contributed by atoms with Gasteiger partial charge in [0, 0.05) is 19.6 Å². The third kappa shape index (κ3) is 6.30. The van der Waals surface area contributed by atoms with Crippen LogP contribution in [0.25, 0.3) is 0 Å². The van der Waals surface area contributed by atoms with Crippen molar-refractivity contribution in [3.63, 3.8) is 0 Å². The van der Waals surface area contributed by atoms with Gasteiger partial charge in [-0.2, -0.15) is 0 Å². The van der Waals surface area contributed by atoms with E-state index in [9.17, 15) is 4.79 Å². The van der Waals surface area contributed by atoms with E-state index in [1.165, 1.54) is 25.9 Å². The maximum absolute atomic E-state index is 11.8.